The van der Waals surface area contributed by atoms with E-state index in [2.05, 4.69) is 15.4 Å². The highest BCUT2D eigenvalue weighted by Crippen LogP contribution is 2.39. The third kappa shape index (κ3) is 3.70. The molecular weight excluding hydrogens is 401 g/mol. The van der Waals surface area contributed by atoms with E-state index in [4.69, 9.17) is 15.2 Å². The molecule has 0 saturated heterocycles. The first-order chi connectivity index (χ1) is 14.9. The van der Waals surface area contributed by atoms with Gasteiger partial charge in [0.05, 0.1) is 19.3 Å². The molecule has 0 radical (unpaired) electrons. The average molecular weight is 423 g/mol. The molecule has 0 fully saturated rings. The number of nitrogens with zero attached hydrogens (tertiary/aromatic N) is 3. The molecule has 3 N–H and O–H groups in total. The van der Waals surface area contributed by atoms with Crippen LogP contribution >= 0.6 is 0 Å². The van der Waals surface area contributed by atoms with Gasteiger partial charge >= 0.3 is 0 Å². The minimum absolute atomic E-state index is 0.348. The van der Waals surface area contributed by atoms with Crippen molar-refractivity contribution >= 4 is 11.9 Å². The lowest BCUT2D eigenvalue weighted by Gasteiger charge is -2.28. The SMILES string of the molecule is CCOc1ccc(C2C(C(N)=O)=C(C)Nc3nc(-c4ccc(F)cc4)nn32)cc1OC. The van der Waals surface area contributed by atoms with Gasteiger partial charge in [-0.2, -0.15) is 4.98 Å². The molecule has 0 spiro atoms. The zero-order chi connectivity index (χ0) is 22.1. The molecule has 0 aliphatic carbocycles. The van der Waals surface area contributed by atoms with Crippen molar-refractivity contribution in [3.63, 3.8) is 0 Å². The summed E-state index contributed by atoms with van der Waals surface area (Å²) in [7, 11) is 1.55. The van der Waals surface area contributed by atoms with Crippen molar-refractivity contribution in [2.45, 2.75) is 19.9 Å². The number of carbonyl (C=O) groups is 1. The van der Waals surface area contributed by atoms with E-state index in [0.717, 1.165) is 5.56 Å². The van der Waals surface area contributed by atoms with Gasteiger partial charge in [-0.25, -0.2) is 9.07 Å². The number of halogens is 1. The number of anilines is 1. The van der Waals surface area contributed by atoms with Crippen molar-refractivity contribution in [2.24, 2.45) is 5.73 Å². The highest BCUT2D eigenvalue weighted by Gasteiger charge is 2.34. The van der Waals surface area contributed by atoms with Gasteiger partial charge in [-0.1, -0.05) is 6.07 Å². The molecule has 1 aliphatic heterocycles. The predicted octanol–water partition coefficient (Wildman–Crippen LogP) is 3.27. The lowest BCUT2D eigenvalue weighted by molar-refractivity contribution is -0.115. The number of amides is 1. The summed E-state index contributed by atoms with van der Waals surface area (Å²) in [5, 5.41) is 7.69. The van der Waals surface area contributed by atoms with Crippen molar-refractivity contribution in [2.75, 3.05) is 19.0 Å². The summed E-state index contributed by atoms with van der Waals surface area (Å²) in [6.07, 6.45) is 0. The number of carbonyl (C=O) groups excluding carboxylic acids is 1. The molecule has 1 atom stereocenters. The van der Waals surface area contributed by atoms with Crippen LogP contribution in [0.15, 0.2) is 53.7 Å². The van der Waals surface area contributed by atoms with Gasteiger partial charge in [0.1, 0.15) is 11.9 Å². The number of hydrogen-bond acceptors (Lipinski definition) is 6. The Kier molecular flexibility index (Phi) is 5.33. The van der Waals surface area contributed by atoms with Crippen molar-refractivity contribution in [3.8, 4) is 22.9 Å². The van der Waals surface area contributed by atoms with E-state index in [1.165, 1.54) is 12.1 Å². The maximum atomic E-state index is 13.3. The number of methoxy groups -OCH3 is 1. The van der Waals surface area contributed by atoms with Crippen LogP contribution in [0.1, 0.15) is 25.5 Å². The van der Waals surface area contributed by atoms with Gasteiger partial charge in [-0.3, -0.25) is 4.79 Å². The Morgan fingerprint density at radius 1 is 1.23 bits per heavy atom. The maximum absolute atomic E-state index is 13.3. The van der Waals surface area contributed by atoms with E-state index in [9.17, 15) is 9.18 Å². The summed E-state index contributed by atoms with van der Waals surface area (Å²) in [5.41, 5.74) is 8.04. The van der Waals surface area contributed by atoms with Crippen molar-refractivity contribution < 1.29 is 18.7 Å². The number of nitrogens with two attached hydrogens (primary N) is 1. The Morgan fingerprint density at radius 3 is 2.61 bits per heavy atom. The van der Waals surface area contributed by atoms with Gasteiger partial charge in [0.25, 0.3) is 0 Å². The zero-order valence-corrected chi connectivity index (χ0v) is 17.3. The number of primary amides is 1. The van der Waals surface area contributed by atoms with Crippen LogP contribution in [0, 0.1) is 5.82 Å². The Morgan fingerprint density at radius 2 is 1.97 bits per heavy atom. The number of nitrogens with one attached hydrogen (secondary N) is 1. The number of aromatic nitrogens is 3. The minimum atomic E-state index is -0.625. The number of rotatable bonds is 6. The molecule has 4 rings (SSSR count). The number of fused-ring (bicyclic) bond motifs is 1. The number of benzene rings is 2. The molecule has 31 heavy (non-hydrogen) atoms. The molecule has 0 saturated carbocycles. The van der Waals surface area contributed by atoms with E-state index in [1.54, 1.807) is 43.0 Å². The molecule has 1 aliphatic rings. The summed E-state index contributed by atoms with van der Waals surface area (Å²) < 4.78 is 26.0. The first-order valence-corrected chi connectivity index (χ1v) is 9.73. The second kappa shape index (κ2) is 8.10. The van der Waals surface area contributed by atoms with Crippen LogP contribution < -0.4 is 20.5 Å². The summed E-state index contributed by atoms with van der Waals surface area (Å²) in [4.78, 5) is 16.9. The number of allylic oxidation sites excluding steroid dienone is 1. The second-order valence-electron chi connectivity index (χ2n) is 6.98. The average Bonchev–Trinajstić information content (AvgIpc) is 3.17. The lowest BCUT2D eigenvalue weighted by Crippen LogP contribution is -2.31. The topological polar surface area (TPSA) is 104 Å². The molecule has 3 aromatic rings. The van der Waals surface area contributed by atoms with Gasteiger partial charge in [0.2, 0.25) is 11.9 Å². The Hall–Kier alpha value is -3.88. The molecule has 2 aromatic carbocycles. The van der Waals surface area contributed by atoms with Gasteiger partial charge in [0.15, 0.2) is 17.3 Å². The van der Waals surface area contributed by atoms with E-state index in [-0.39, 0.29) is 5.82 Å². The summed E-state index contributed by atoms with van der Waals surface area (Å²) in [6, 6.07) is 10.7. The molecule has 9 heteroatoms. The third-order valence-corrected chi connectivity index (χ3v) is 5.02. The standard InChI is InChI=1S/C22H22FN5O3/c1-4-31-16-10-7-14(11-17(16)30-3)19-18(20(24)29)12(2)25-22-26-21(27-28(19)22)13-5-8-15(23)9-6-13/h5-11,19H,4H2,1-3H3,(H2,24,29)(H,25,26,27). The van der Waals surface area contributed by atoms with Crippen LogP contribution in [0.4, 0.5) is 10.3 Å². The fraction of sp³-hybridized carbons (Fsp3) is 0.227. The Bertz CT molecular complexity index is 1170. The monoisotopic (exact) mass is 423 g/mol. The highest BCUT2D eigenvalue weighted by atomic mass is 19.1. The first-order valence-electron chi connectivity index (χ1n) is 9.73. The van der Waals surface area contributed by atoms with Crippen LogP contribution in [0.5, 0.6) is 11.5 Å². The Labute approximate surface area is 178 Å². The molecule has 8 nitrogen and oxygen atoms in total. The van der Waals surface area contributed by atoms with Crippen LogP contribution in [0.3, 0.4) is 0 Å². The predicted molar refractivity (Wildman–Crippen MR) is 113 cm³/mol. The van der Waals surface area contributed by atoms with Crippen LogP contribution in [-0.4, -0.2) is 34.4 Å². The third-order valence-electron chi connectivity index (χ3n) is 5.02. The summed E-state index contributed by atoms with van der Waals surface area (Å²) in [6.45, 7) is 4.13. The molecule has 1 amide bonds. The number of hydrogen-bond donors (Lipinski definition) is 2. The van der Waals surface area contributed by atoms with Gasteiger partial charge in [-0.05, 0) is 55.8 Å². The lowest BCUT2D eigenvalue weighted by atomic mass is 9.95. The molecule has 0 bridgehead atoms. The van der Waals surface area contributed by atoms with E-state index >= 15 is 0 Å². The second-order valence-corrected chi connectivity index (χ2v) is 6.98. The van der Waals surface area contributed by atoms with Crippen LogP contribution in [-0.2, 0) is 4.79 Å². The molecular formula is C22H22FN5O3. The van der Waals surface area contributed by atoms with Crippen molar-refractivity contribution in [1.82, 2.24) is 14.8 Å². The number of ether oxygens (including phenoxy) is 2. The first kappa shape index (κ1) is 20.4. The highest BCUT2D eigenvalue weighted by molar-refractivity contribution is 5.95. The van der Waals surface area contributed by atoms with Gasteiger partial charge < -0.3 is 20.5 Å². The fourth-order valence-corrected chi connectivity index (χ4v) is 3.63. The normalized spacial score (nSPS) is 15.3. The molecule has 160 valence electrons. The van der Waals surface area contributed by atoms with E-state index in [0.29, 0.717) is 46.7 Å². The maximum Gasteiger partial charge on any atom is 0.248 e. The largest absolute Gasteiger partial charge is 0.493 e. The fourth-order valence-electron chi connectivity index (χ4n) is 3.63. The van der Waals surface area contributed by atoms with Crippen LogP contribution in [0.25, 0.3) is 11.4 Å². The molecule has 1 unspecified atom stereocenters. The van der Waals surface area contributed by atoms with Gasteiger partial charge in [-0.15, -0.1) is 5.10 Å². The van der Waals surface area contributed by atoms with Crippen LogP contribution in [0.2, 0.25) is 0 Å². The zero-order valence-electron chi connectivity index (χ0n) is 17.3. The Balaban J connectivity index is 1.86. The van der Waals surface area contributed by atoms with Crippen molar-refractivity contribution in [1.29, 1.82) is 0 Å². The van der Waals surface area contributed by atoms with Gasteiger partial charge in [0, 0.05) is 11.3 Å². The quantitative estimate of drug-likeness (QED) is 0.631. The van der Waals surface area contributed by atoms with E-state index in [1.807, 2.05) is 13.0 Å². The minimum Gasteiger partial charge on any atom is -0.493 e. The summed E-state index contributed by atoms with van der Waals surface area (Å²) >= 11 is 0. The van der Waals surface area contributed by atoms with E-state index < -0.39 is 11.9 Å². The molecule has 2 heterocycles. The molecule has 1 aromatic heterocycles. The van der Waals surface area contributed by atoms with Crippen molar-refractivity contribution in [3.05, 3.63) is 65.1 Å². The smallest absolute Gasteiger partial charge is 0.248 e. The summed E-state index contributed by atoms with van der Waals surface area (Å²) in [5.74, 6) is 1.03.